The molecule has 3 fully saturated rings. The first-order chi connectivity index (χ1) is 11.8. The molecule has 1 aliphatic carbocycles. The minimum atomic E-state index is 0.342. The molecule has 4 rings (SSSR count). The average Bonchev–Trinajstić information content (AvgIpc) is 3.19. The van der Waals surface area contributed by atoms with Crippen molar-refractivity contribution in [1.82, 2.24) is 14.9 Å². The molecule has 1 aromatic rings. The van der Waals surface area contributed by atoms with Crippen molar-refractivity contribution in [2.45, 2.75) is 38.1 Å². The van der Waals surface area contributed by atoms with Gasteiger partial charge >= 0.3 is 0 Å². The Morgan fingerprint density at radius 2 is 2.08 bits per heavy atom. The van der Waals surface area contributed by atoms with Crippen LogP contribution in [0.25, 0.3) is 0 Å². The zero-order valence-corrected chi connectivity index (χ0v) is 14.1. The molecule has 3 aliphatic rings. The summed E-state index contributed by atoms with van der Waals surface area (Å²) in [5.74, 6) is 2.88. The number of likely N-dealkylation sites (tertiary alicyclic amines) is 1. The Labute approximate surface area is 143 Å². The standard InChI is InChI=1S/C18H26N4O2/c23-18(9-13-3-7-24-8-4-13)22-11-14-1-2-16(15(14)12-22)21-17-10-19-5-6-20-17/h5-6,10,13-16H,1-4,7-9,11-12H2,(H,20,21)/t14-,15+,16-/m1/s1. The van der Waals surface area contributed by atoms with Crippen molar-refractivity contribution in [3.05, 3.63) is 18.6 Å². The van der Waals surface area contributed by atoms with Gasteiger partial charge in [-0.25, -0.2) is 4.98 Å². The van der Waals surface area contributed by atoms with Gasteiger partial charge in [-0.15, -0.1) is 0 Å². The molecule has 2 aliphatic heterocycles. The lowest BCUT2D eigenvalue weighted by Gasteiger charge is -2.25. The van der Waals surface area contributed by atoms with Crippen LogP contribution in [0.3, 0.4) is 0 Å². The largest absolute Gasteiger partial charge is 0.381 e. The third-order valence-corrected chi connectivity index (χ3v) is 5.91. The molecule has 130 valence electrons. The second-order valence-corrected chi connectivity index (χ2v) is 7.40. The summed E-state index contributed by atoms with van der Waals surface area (Å²) in [5.41, 5.74) is 0. The van der Waals surface area contributed by atoms with Crippen LogP contribution in [0.2, 0.25) is 0 Å². The quantitative estimate of drug-likeness (QED) is 0.914. The Morgan fingerprint density at radius 3 is 2.88 bits per heavy atom. The Bertz CT molecular complexity index is 561. The lowest BCUT2D eigenvalue weighted by atomic mass is 9.96. The van der Waals surface area contributed by atoms with E-state index in [1.54, 1.807) is 18.6 Å². The number of nitrogens with one attached hydrogen (secondary N) is 1. The maximum atomic E-state index is 12.7. The molecule has 2 saturated heterocycles. The zero-order chi connectivity index (χ0) is 16.4. The van der Waals surface area contributed by atoms with Gasteiger partial charge in [0.1, 0.15) is 5.82 Å². The van der Waals surface area contributed by atoms with Crippen LogP contribution in [-0.4, -0.2) is 53.1 Å². The molecule has 0 aromatic carbocycles. The number of rotatable bonds is 4. The van der Waals surface area contributed by atoms with Crippen LogP contribution >= 0.6 is 0 Å². The number of nitrogens with zero attached hydrogens (tertiary/aromatic N) is 3. The van der Waals surface area contributed by atoms with Crippen LogP contribution in [-0.2, 0) is 9.53 Å². The molecule has 1 aromatic heterocycles. The first kappa shape index (κ1) is 15.8. The highest BCUT2D eigenvalue weighted by Crippen LogP contribution is 2.39. The van der Waals surface area contributed by atoms with Gasteiger partial charge in [0.05, 0.1) is 6.20 Å². The molecule has 1 saturated carbocycles. The minimum absolute atomic E-state index is 0.342. The Balaban J connectivity index is 1.32. The summed E-state index contributed by atoms with van der Waals surface area (Å²) in [6.45, 7) is 3.45. The van der Waals surface area contributed by atoms with E-state index >= 15 is 0 Å². The van der Waals surface area contributed by atoms with E-state index in [4.69, 9.17) is 4.74 Å². The summed E-state index contributed by atoms with van der Waals surface area (Å²) in [4.78, 5) is 23.2. The van der Waals surface area contributed by atoms with Crippen LogP contribution in [0.5, 0.6) is 0 Å². The molecule has 1 N–H and O–H groups in total. The average molecular weight is 330 g/mol. The monoisotopic (exact) mass is 330 g/mol. The molecular formula is C18H26N4O2. The van der Waals surface area contributed by atoms with Gasteiger partial charge in [-0.05, 0) is 37.5 Å². The van der Waals surface area contributed by atoms with Crippen molar-refractivity contribution in [3.63, 3.8) is 0 Å². The van der Waals surface area contributed by atoms with Crippen LogP contribution in [0.15, 0.2) is 18.6 Å². The van der Waals surface area contributed by atoms with E-state index in [0.717, 1.165) is 51.4 Å². The third-order valence-electron chi connectivity index (χ3n) is 5.91. The van der Waals surface area contributed by atoms with Crippen LogP contribution in [0.4, 0.5) is 5.82 Å². The Hall–Kier alpha value is -1.69. The number of hydrogen-bond acceptors (Lipinski definition) is 5. The molecule has 1 amide bonds. The number of amides is 1. The molecule has 0 unspecified atom stereocenters. The summed E-state index contributed by atoms with van der Waals surface area (Å²) < 4.78 is 5.39. The van der Waals surface area contributed by atoms with E-state index in [2.05, 4.69) is 20.2 Å². The number of fused-ring (bicyclic) bond motifs is 1. The molecule has 3 heterocycles. The van der Waals surface area contributed by atoms with Gasteiger partial charge in [-0.1, -0.05) is 0 Å². The summed E-state index contributed by atoms with van der Waals surface area (Å²) in [6.07, 6.45) is 10.3. The summed E-state index contributed by atoms with van der Waals surface area (Å²) in [5, 5.41) is 3.53. The first-order valence-corrected chi connectivity index (χ1v) is 9.17. The highest BCUT2D eigenvalue weighted by atomic mass is 16.5. The maximum absolute atomic E-state index is 12.7. The molecule has 6 nitrogen and oxygen atoms in total. The fourth-order valence-corrected chi connectivity index (χ4v) is 4.54. The van der Waals surface area contributed by atoms with Crippen molar-refractivity contribution in [2.75, 3.05) is 31.6 Å². The van der Waals surface area contributed by atoms with E-state index in [0.29, 0.717) is 36.1 Å². The topological polar surface area (TPSA) is 67.3 Å². The van der Waals surface area contributed by atoms with E-state index < -0.39 is 0 Å². The molecule has 0 radical (unpaired) electrons. The lowest BCUT2D eigenvalue weighted by Crippen LogP contribution is -2.34. The number of aromatic nitrogens is 2. The van der Waals surface area contributed by atoms with E-state index in [1.165, 1.54) is 6.42 Å². The summed E-state index contributed by atoms with van der Waals surface area (Å²) in [7, 11) is 0. The van der Waals surface area contributed by atoms with Gasteiger partial charge in [-0.3, -0.25) is 9.78 Å². The molecule has 24 heavy (non-hydrogen) atoms. The number of anilines is 1. The normalized spacial score (nSPS) is 30.3. The smallest absolute Gasteiger partial charge is 0.222 e. The molecular weight excluding hydrogens is 304 g/mol. The minimum Gasteiger partial charge on any atom is -0.381 e. The van der Waals surface area contributed by atoms with E-state index in [9.17, 15) is 4.79 Å². The van der Waals surface area contributed by atoms with Crippen LogP contribution < -0.4 is 5.32 Å². The Morgan fingerprint density at radius 1 is 1.21 bits per heavy atom. The van der Waals surface area contributed by atoms with Gasteiger partial charge in [-0.2, -0.15) is 0 Å². The van der Waals surface area contributed by atoms with Crippen molar-refractivity contribution >= 4 is 11.7 Å². The zero-order valence-electron chi connectivity index (χ0n) is 14.1. The van der Waals surface area contributed by atoms with Crippen molar-refractivity contribution < 1.29 is 9.53 Å². The first-order valence-electron chi connectivity index (χ1n) is 9.17. The predicted molar refractivity (Wildman–Crippen MR) is 90.4 cm³/mol. The summed E-state index contributed by atoms with van der Waals surface area (Å²) in [6, 6.07) is 0.410. The highest BCUT2D eigenvalue weighted by molar-refractivity contribution is 5.76. The number of ether oxygens (including phenoxy) is 1. The van der Waals surface area contributed by atoms with Gasteiger partial charge < -0.3 is 15.0 Å². The van der Waals surface area contributed by atoms with Gasteiger partial charge in [0.25, 0.3) is 0 Å². The van der Waals surface area contributed by atoms with Crippen LogP contribution in [0, 0.1) is 17.8 Å². The molecule has 6 heteroatoms. The number of carbonyl (C=O) groups is 1. The fraction of sp³-hybridized carbons (Fsp3) is 0.722. The second kappa shape index (κ2) is 7.05. The SMILES string of the molecule is O=C(CC1CCOCC1)N1C[C@H]2CC[C@@H](Nc3cnccn3)[C@H]2C1. The van der Waals surface area contributed by atoms with Gasteiger partial charge in [0.15, 0.2) is 0 Å². The van der Waals surface area contributed by atoms with E-state index in [1.807, 2.05) is 0 Å². The maximum Gasteiger partial charge on any atom is 0.222 e. The summed E-state index contributed by atoms with van der Waals surface area (Å²) >= 11 is 0. The molecule has 3 atom stereocenters. The lowest BCUT2D eigenvalue weighted by molar-refractivity contribution is -0.132. The van der Waals surface area contributed by atoms with Crippen molar-refractivity contribution in [2.24, 2.45) is 17.8 Å². The van der Waals surface area contributed by atoms with Crippen LogP contribution in [0.1, 0.15) is 32.1 Å². The second-order valence-electron chi connectivity index (χ2n) is 7.40. The van der Waals surface area contributed by atoms with Gasteiger partial charge in [0.2, 0.25) is 5.91 Å². The van der Waals surface area contributed by atoms with E-state index in [-0.39, 0.29) is 0 Å². The third kappa shape index (κ3) is 3.38. The number of hydrogen-bond donors (Lipinski definition) is 1. The Kier molecular flexibility index (Phi) is 4.65. The van der Waals surface area contributed by atoms with Gasteiger partial charge in [0, 0.05) is 57.1 Å². The fourth-order valence-electron chi connectivity index (χ4n) is 4.54. The highest BCUT2D eigenvalue weighted by Gasteiger charge is 2.44. The van der Waals surface area contributed by atoms with Crippen molar-refractivity contribution in [3.8, 4) is 0 Å². The molecule has 0 spiro atoms. The number of carbonyl (C=O) groups excluding carboxylic acids is 1. The predicted octanol–water partition coefficient (Wildman–Crippen LogP) is 1.94. The molecule has 0 bridgehead atoms. The van der Waals surface area contributed by atoms with Crippen molar-refractivity contribution in [1.29, 1.82) is 0 Å².